The van der Waals surface area contributed by atoms with E-state index in [0.29, 0.717) is 16.7 Å². The number of hydrogen-bond donors (Lipinski definition) is 2. The lowest BCUT2D eigenvalue weighted by atomic mass is 10.0. The number of fused-ring (bicyclic) bond motifs is 1. The van der Waals surface area contributed by atoms with Gasteiger partial charge in [-0.25, -0.2) is 9.78 Å². The number of hydrogen-bond acceptors (Lipinski definition) is 5. The Kier molecular flexibility index (Phi) is 4.60. The number of ether oxygens (including phenoxy) is 1. The summed E-state index contributed by atoms with van der Waals surface area (Å²) < 4.78 is 5.97. The number of aromatic nitrogens is 2. The van der Waals surface area contributed by atoms with E-state index in [0.717, 1.165) is 22.8 Å². The van der Waals surface area contributed by atoms with Crippen LogP contribution in [0.1, 0.15) is 16.1 Å². The van der Waals surface area contributed by atoms with Crippen molar-refractivity contribution < 1.29 is 19.7 Å². The molecule has 0 atom stereocenters. The van der Waals surface area contributed by atoms with Crippen molar-refractivity contribution in [1.82, 2.24) is 9.97 Å². The van der Waals surface area contributed by atoms with Gasteiger partial charge in [-0.1, -0.05) is 36.4 Å². The van der Waals surface area contributed by atoms with Gasteiger partial charge in [0.15, 0.2) is 5.69 Å². The number of aromatic hydroxyl groups is 1. The monoisotopic (exact) mass is 372 g/mol. The second kappa shape index (κ2) is 7.36. The van der Waals surface area contributed by atoms with E-state index in [-0.39, 0.29) is 18.1 Å². The molecule has 6 nitrogen and oxygen atoms in total. The van der Waals surface area contributed by atoms with E-state index < -0.39 is 5.97 Å². The van der Waals surface area contributed by atoms with Crippen molar-refractivity contribution in [3.8, 4) is 22.6 Å². The third-order valence-electron chi connectivity index (χ3n) is 4.31. The summed E-state index contributed by atoms with van der Waals surface area (Å²) >= 11 is 0. The maximum absolute atomic E-state index is 11.4. The Bertz CT molecular complexity index is 1150. The molecular formula is C22H16N2O4. The van der Waals surface area contributed by atoms with E-state index in [9.17, 15) is 15.0 Å². The van der Waals surface area contributed by atoms with Gasteiger partial charge >= 0.3 is 5.97 Å². The molecule has 0 spiro atoms. The van der Waals surface area contributed by atoms with Crippen LogP contribution in [0.3, 0.4) is 0 Å². The average Bonchev–Trinajstić information content (AvgIpc) is 2.73. The van der Waals surface area contributed by atoms with Gasteiger partial charge in [0.25, 0.3) is 0 Å². The summed E-state index contributed by atoms with van der Waals surface area (Å²) in [4.78, 5) is 19.7. The third-order valence-corrected chi connectivity index (χ3v) is 4.31. The molecule has 0 radical (unpaired) electrons. The fourth-order valence-corrected chi connectivity index (χ4v) is 2.93. The van der Waals surface area contributed by atoms with Crippen LogP contribution >= 0.6 is 0 Å². The molecule has 0 aliphatic rings. The normalized spacial score (nSPS) is 10.7. The van der Waals surface area contributed by atoms with Crippen LogP contribution < -0.4 is 4.74 Å². The van der Waals surface area contributed by atoms with Gasteiger partial charge in [0.2, 0.25) is 0 Å². The largest absolute Gasteiger partial charge is 0.507 e. The lowest BCUT2D eigenvalue weighted by molar-refractivity contribution is 0.0690. The fraction of sp³-hybridized carbons (Fsp3) is 0.0455. The van der Waals surface area contributed by atoms with E-state index in [2.05, 4.69) is 9.97 Å². The maximum atomic E-state index is 11.4. The van der Waals surface area contributed by atoms with Crippen LogP contribution in [0, 0.1) is 0 Å². The summed E-state index contributed by atoms with van der Waals surface area (Å²) in [5, 5.41) is 20.1. The van der Waals surface area contributed by atoms with E-state index in [4.69, 9.17) is 4.74 Å². The van der Waals surface area contributed by atoms with E-state index >= 15 is 0 Å². The number of benzene rings is 2. The first-order chi connectivity index (χ1) is 13.6. The molecule has 0 saturated heterocycles. The molecule has 0 aliphatic heterocycles. The van der Waals surface area contributed by atoms with Crippen molar-refractivity contribution in [1.29, 1.82) is 0 Å². The van der Waals surface area contributed by atoms with Crippen LogP contribution in [0.5, 0.6) is 11.5 Å². The molecule has 6 heteroatoms. The molecule has 0 aliphatic carbocycles. The van der Waals surface area contributed by atoms with Gasteiger partial charge in [0, 0.05) is 29.4 Å². The quantitative estimate of drug-likeness (QED) is 0.543. The number of aromatic carboxylic acids is 1. The predicted octanol–water partition coefficient (Wildman–Crippen LogP) is 4.28. The van der Waals surface area contributed by atoms with Gasteiger partial charge in [0.05, 0.1) is 0 Å². The smallest absolute Gasteiger partial charge is 0.354 e. The molecule has 0 bridgehead atoms. The Morgan fingerprint density at radius 2 is 1.82 bits per heavy atom. The summed E-state index contributed by atoms with van der Waals surface area (Å²) in [7, 11) is 0. The molecule has 0 amide bonds. The first kappa shape index (κ1) is 17.5. The number of carboxylic acid groups (broad SMARTS) is 1. The highest BCUT2D eigenvalue weighted by molar-refractivity contribution is 5.97. The molecule has 2 aromatic heterocycles. The molecule has 2 N–H and O–H groups in total. The molecule has 2 heterocycles. The SMILES string of the molecule is O=C(O)c1cc(O)c2cc(-c3cccnc3)cc(OCc3ccccc3)c2n1. The number of carbonyl (C=O) groups is 1. The summed E-state index contributed by atoms with van der Waals surface area (Å²) in [6.07, 6.45) is 3.38. The van der Waals surface area contributed by atoms with Crippen molar-refractivity contribution in [3.05, 3.63) is 84.3 Å². The van der Waals surface area contributed by atoms with Gasteiger partial charge in [-0.2, -0.15) is 0 Å². The minimum absolute atomic E-state index is 0.169. The molecule has 138 valence electrons. The summed E-state index contributed by atoms with van der Waals surface area (Å²) in [6.45, 7) is 0.284. The highest BCUT2D eigenvalue weighted by Crippen LogP contribution is 2.36. The van der Waals surface area contributed by atoms with Gasteiger partial charge in [-0.05, 0) is 29.3 Å². The molecular weight excluding hydrogens is 356 g/mol. The Morgan fingerprint density at radius 1 is 1.00 bits per heavy atom. The summed E-state index contributed by atoms with van der Waals surface area (Å²) in [5.74, 6) is -1.00. The molecule has 4 aromatic rings. The highest BCUT2D eigenvalue weighted by Gasteiger charge is 2.16. The minimum Gasteiger partial charge on any atom is -0.507 e. The molecule has 4 rings (SSSR count). The first-order valence-corrected chi connectivity index (χ1v) is 8.60. The fourth-order valence-electron chi connectivity index (χ4n) is 2.93. The highest BCUT2D eigenvalue weighted by atomic mass is 16.5. The van der Waals surface area contributed by atoms with Crippen LogP contribution in [0.4, 0.5) is 0 Å². The molecule has 0 fully saturated rings. The van der Waals surface area contributed by atoms with Crippen molar-refractivity contribution in [3.63, 3.8) is 0 Å². The minimum atomic E-state index is -1.22. The zero-order valence-corrected chi connectivity index (χ0v) is 14.7. The van der Waals surface area contributed by atoms with E-state index in [1.165, 1.54) is 0 Å². The van der Waals surface area contributed by atoms with Crippen LogP contribution in [0.15, 0.2) is 73.1 Å². The van der Waals surface area contributed by atoms with E-state index in [1.54, 1.807) is 24.5 Å². The van der Waals surface area contributed by atoms with Gasteiger partial charge in [-0.15, -0.1) is 0 Å². The van der Waals surface area contributed by atoms with Gasteiger partial charge < -0.3 is 14.9 Å². The Morgan fingerprint density at radius 3 is 2.54 bits per heavy atom. The van der Waals surface area contributed by atoms with Gasteiger partial charge in [0.1, 0.15) is 23.6 Å². The zero-order valence-electron chi connectivity index (χ0n) is 14.7. The average molecular weight is 372 g/mol. The summed E-state index contributed by atoms with van der Waals surface area (Å²) in [6, 6.07) is 18.0. The molecule has 2 aromatic carbocycles. The van der Waals surface area contributed by atoms with Gasteiger partial charge in [-0.3, -0.25) is 4.98 Å². The van der Waals surface area contributed by atoms with Crippen molar-refractivity contribution in [2.75, 3.05) is 0 Å². The number of carboxylic acids is 1. The van der Waals surface area contributed by atoms with Crippen LogP contribution in [-0.2, 0) is 6.61 Å². The molecule has 28 heavy (non-hydrogen) atoms. The topological polar surface area (TPSA) is 92.5 Å². The maximum Gasteiger partial charge on any atom is 0.354 e. The van der Waals surface area contributed by atoms with Crippen LogP contribution in [0.2, 0.25) is 0 Å². The Hall–Kier alpha value is -3.93. The summed E-state index contributed by atoms with van der Waals surface area (Å²) in [5.41, 5.74) is 2.63. The second-order valence-electron chi connectivity index (χ2n) is 6.22. The third kappa shape index (κ3) is 3.48. The molecule has 0 unspecified atom stereocenters. The molecule has 0 saturated carbocycles. The van der Waals surface area contributed by atoms with Crippen molar-refractivity contribution >= 4 is 16.9 Å². The Labute approximate surface area is 160 Å². The van der Waals surface area contributed by atoms with E-state index in [1.807, 2.05) is 42.5 Å². The number of nitrogens with zero attached hydrogens (tertiary/aromatic N) is 2. The van der Waals surface area contributed by atoms with Crippen LogP contribution in [-0.4, -0.2) is 26.2 Å². The van der Waals surface area contributed by atoms with Crippen molar-refractivity contribution in [2.45, 2.75) is 6.61 Å². The lowest BCUT2D eigenvalue weighted by Crippen LogP contribution is -2.02. The Balaban J connectivity index is 1.86. The second-order valence-corrected chi connectivity index (χ2v) is 6.22. The lowest BCUT2D eigenvalue weighted by Gasteiger charge is -2.13. The number of rotatable bonds is 5. The van der Waals surface area contributed by atoms with Crippen LogP contribution in [0.25, 0.3) is 22.0 Å². The first-order valence-electron chi connectivity index (χ1n) is 8.60. The number of pyridine rings is 2. The van der Waals surface area contributed by atoms with Crippen molar-refractivity contribution in [2.24, 2.45) is 0 Å². The zero-order chi connectivity index (χ0) is 19.5. The predicted molar refractivity (Wildman–Crippen MR) is 104 cm³/mol. The standard InChI is InChI=1S/C22H16N2O4/c25-19-11-18(22(26)27)24-21-17(19)9-16(15-7-4-8-23-12-15)10-20(21)28-13-14-5-2-1-3-6-14/h1-12H,13H2,(H,24,25)(H,26,27).